The van der Waals surface area contributed by atoms with E-state index >= 15 is 0 Å². The highest BCUT2D eigenvalue weighted by atomic mass is 32.2. The first kappa shape index (κ1) is 20.4. The van der Waals surface area contributed by atoms with E-state index in [2.05, 4.69) is 15.3 Å². The molecule has 3 aromatic carbocycles. The quantitative estimate of drug-likeness (QED) is 0.463. The smallest absolute Gasteiger partial charge is 0.255 e. The number of anilines is 1. The molecule has 2 N–H and O–H groups in total. The number of imidazole rings is 1. The van der Waals surface area contributed by atoms with Crippen LogP contribution < -0.4 is 5.32 Å². The Morgan fingerprint density at radius 2 is 1.78 bits per heavy atom. The summed E-state index contributed by atoms with van der Waals surface area (Å²) in [6.07, 6.45) is 1.78. The molecule has 0 radical (unpaired) electrons. The third kappa shape index (κ3) is 3.90. The lowest BCUT2D eigenvalue weighted by Gasteiger charge is -2.16. The molecule has 0 bridgehead atoms. The van der Waals surface area contributed by atoms with Gasteiger partial charge < -0.3 is 10.3 Å². The minimum Gasteiger partial charge on any atom is -0.338 e. The molecule has 0 atom stereocenters. The minimum absolute atomic E-state index is 0.0852. The largest absolute Gasteiger partial charge is 0.338 e. The summed E-state index contributed by atoms with van der Waals surface area (Å²) in [5, 5.41) is 2.87. The normalized spacial score (nSPS) is 14.1. The second-order valence-corrected chi connectivity index (χ2v) is 9.91. The highest BCUT2D eigenvalue weighted by molar-refractivity contribution is 7.89. The van der Waals surface area contributed by atoms with Gasteiger partial charge in [-0.2, -0.15) is 4.31 Å². The monoisotopic (exact) mass is 446 g/mol. The number of carbonyl (C=O) groups excluding carboxylic acids is 1. The Labute approximate surface area is 186 Å². The number of nitrogens with one attached hydrogen (secondary N) is 2. The average molecular weight is 447 g/mol. The second kappa shape index (κ2) is 7.89. The van der Waals surface area contributed by atoms with Gasteiger partial charge in [-0.15, -0.1) is 0 Å². The Bertz CT molecular complexity index is 1370. The van der Waals surface area contributed by atoms with E-state index in [1.54, 1.807) is 13.1 Å². The van der Waals surface area contributed by atoms with E-state index in [0.717, 1.165) is 35.3 Å². The van der Waals surface area contributed by atoms with Crippen molar-refractivity contribution in [2.45, 2.75) is 23.8 Å². The first-order chi connectivity index (χ1) is 15.4. The van der Waals surface area contributed by atoms with Crippen LogP contribution in [-0.4, -0.2) is 41.7 Å². The van der Waals surface area contributed by atoms with Gasteiger partial charge in [0.1, 0.15) is 5.82 Å². The molecule has 1 aliphatic rings. The molecule has 8 heteroatoms. The van der Waals surface area contributed by atoms with Crippen LogP contribution in [0.4, 0.5) is 5.69 Å². The summed E-state index contributed by atoms with van der Waals surface area (Å²) in [5.41, 5.74) is 3.67. The molecule has 4 aromatic rings. The number of carbonyl (C=O) groups is 1. The van der Waals surface area contributed by atoms with Crippen molar-refractivity contribution in [3.05, 3.63) is 78.4 Å². The number of H-pyrrole nitrogens is 1. The van der Waals surface area contributed by atoms with Gasteiger partial charge in [0, 0.05) is 29.9 Å². The number of aromatic amines is 1. The summed E-state index contributed by atoms with van der Waals surface area (Å²) >= 11 is 0. The maximum absolute atomic E-state index is 12.7. The maximum Gasteiger partial charge on any atom is 0.255 e. The third-order valence-corrected chi connectivity index (χ3v) is 7.56. The zero-order valence-corrected chi connectivity index (χ0v) is 18.3. The number of sulfonamides is 1. The van der Waals surface area contributed by atoms with Gasteiger partial charge in [0.25, 0.3) is 5.91 Å². The number of para-hydroxylation sites is 2. The molecule has 1 aromatic heterocycles. The molecule has 0 spiro atoms. The molecular formula is C24H22N4O3S. The van der Waals surface area contributed by atoms with Crippen molar-refractivity contribution in [3.63, 3.8) is 0 Å². The van der Waals surface area contributed by atoms with Crippen LogP contribution in [0.2, 0.25) is 0 Å². The van der Waals surface area contributed by atoms with E-state index in [1.807, 2.05) is 42.5 Å². The van der Waals surface area contributed by atoms with E-state index in [-0.39, 0.29) is 16.8 Å². The predicted molar refractivity (Wildman–Crippen MR) is 124 cm³/mol. The summed E-state index contributed by atoms with van der Waals surface area (Å²) in [7, 11) is -1.93. The fraction of sp³-hybridized carbons (Fsp3) is 0.167. The van der Waals surface area contributed by atoms with E-state index < -0.39 is 10.0 Å². The van der Waals surface area contributed by atoms with Crippen LogP contribution in [0.3, 0.4) is 0 Å². The zero-order chi connectivity index (χ0) is 22.3. The number of rotatable bonds is 6. The van der Waals surface area contributed by atoms with Gasteiger partial charge in [-0.25, -0.2) is 13.4 Å². The molecule has 32 heavy (non-hydrogen) atoms. The lowest BCUT2D eigenvalue weighted by atomic mass is 10.1. The van der Waals surface area contributed by atoms with Crippen molar-refractivity contribution in [2.24, 2.45) is 0 Å². The van der Waals surface area contributed by atoms with Gasteiger partial charge in [-0.3, -0.25) is 4.79 Å². The lowest BCUT2D eigenvalue weighted by Crippen LogP contribution is -2.29. The van der Waals surface area contributed by atoms with E-state index in [4.69, 9.17) is 0 Å². The Kier molecular flexibility index (Phi) is 5.03. The van der Waals surface area contributed by atoms with Crippen LogP contribution >= 0.6 is 0 Å². The van der Waals surface area contributed by atoms with Crippen LogP contribution in [0.25, 0.3) is 22.4 Å². The van der Waals surface area contributed by atoms with Crippen LogP contribution in [0.1, 0.15) is 23.2 Å². The Balaban J connectivity index is 1.33. The first-order valence-electron chi connectivity index (χ1n) is 10.4. The number of nitrogens with zero attached hydrogens (tertiary/aromatic N) is 2. The minimum atomic E-state index is -3.53. The summed E-state index contributed by atoms with van der Waals surface area (Å²) in [5.74, 6) is 0.405. The fourth-order valence-electron chi connectivity index (χ4n) is 3.62. The second-order valence-electron chi connectivity index (χ2n) is 7.91. The van der Waals surface area contributed by atoms with Crippen molar-refractivity contribution < 1.29 is 13.2 Å². The molecule has 0 unspecified atom stereocenters. The summed E-state index contributed by atoms with van der Waals surface area (Å²) in [4.78, 5) is 20.8. The average Bonchev–Trinajstić information content (AvgIpc) is 3.56. The lowest BCUT2D eigenvalue weighted by molar-refractivity contribution is 0.102. The van der Waals surface area contributed by atoms with E-state index in [1.165, 1.54) is 28.6 Å². The fourth-order valence-corrected chi connectivity index (χ4v) is 5.03. The topological polar surface area (TPSA) is 95.2 Å². The predicted octanol–water partition coefficient (Wildman–Crippen LogP) is 4.27. The number of fused-ring (bicyclic) bond motifs is 1. The van der Waals surface area contributed by atoms with Crippen molar-refractivity contribution in [1.82, 2.24) is 14.3 Å². The first-order valence-corrected chi connectivity index (χ1v) is 11.8. The molecular weight excluding hydrogens is 424 g/mol. The highest BCUT2D eigenvalue weighted by Gasteiger charge is 2.35. The summed E-state index contributed by atoms with van der Waals surface area (Å²) < 4.78 is 26.7. The van der Waals surface area contributed by atoms with Gasteiger partial charge in [-0.1, -0.05) is 24.3 Å². The summed E-state index contributed by atoms with van der Waals surface area (Å²) in [6, 6.07) is 21.3. The molecule has 5 rings (SSSR count). The van der Waals surface area contributed by atoms with Crippen LogP contribution in [0.15, 0.2) is 77.7 Å². The molecule has 0 aliphatic heterocycles. The standard InChI is InChI=1S/C24H22N4O3S/c1-28(19-11-12-19)32(30,31)20-13-9-16(10-14-20)24(29)25-18-6-4-5-17(15-18)23-26-21-7-2-3-8-22(21)27-23/h2-10,13-15,19H,11-12H2,1H3,(H,25,29)(H,26,27). The molecule has 1 aliphatic carbocycles. The van der Waals surface area contributed by atoms with Gasteiger partial charge in [-0.05, 0) is 61.4 Å². The molecule has 1 fully saturated rings. The Morgan fingerprint density at radius 1 is 1.03 bits per heavy atom. The number of aromatic nitrogens is 2. The number of benzene rings is 3. The molecule has 1 amide bonds. The van der Waals surface area contributed by atoms with Crippen LogP contribution in [0.5, 0.6) is 0 Å². The van der Waals surface area contributed by atoms with Gasteiger partial charge in [0.15, 0.2) is 0 Å². The maximum atomic E-state index is 12.7. The molecule has 0 saturated heterocycles. The van der Waals surface area contributed by atoms with E-state index in [9.17, 15) is 13.2 Å². The zero-order valence-electron chi connectivity index (χ0n) is 17.4. The Hall–Kier alpha value is -3.49. The summed E-state index contributed by atoms with van der Waals surface area (Å²) in [6.45, 7) is 0. The molecule has 1 heterocycles. The van der Waals surface area contributed by atoms with Gasteiger partial charge in [0.05, 0.1) is 15.9 Å². The highest BCUT2D eigenvalue weighted by Crippen LogP contribution is 2.30. The van der Waals surface area contributed by atoms with Gasteiger partial charge >= 0.3 is 0 Å². The Morgan fingerprint density at radius 3 is 2.50 bits per heavy atom. The third-order valence-electron chi connectivity index (χ3n) is 5.64. The van der Waals surface area contributed by atoms with Gasteiger partial charge in [0.2, 0.25) is 10.0 Å². The molecule has 162 valence electrons. The SMILES string of the molecule is CN(C1CC1)S(=O)(=O)c1ccc(C(=O)Nc2cccc(-c3nc4ccccc4[nH]3)c2)cc1. The number of hydrogen-bond donors (Lipinski definition) is 2. The number of hydrogen-bond acceptors (Lipinski definition) is 4. The van der Waals surface area contributed by atoms with Crippen molar-refractivity contribution >= 4 is 32.7 Å². The van der Waals surface area contributed by atoms with Crippen molar-refractivity contribution in [3.8, 4) is 11.4 Å². The van der Waals surface area contributed by atoms with Crippen molar-refractivity contribution in [2.75, 3.05) is 12.4 Å². The van der Waals surface area contributed by atoms with E-state index in [0.29, 0.717) is 11.3 Å². The van der Waals surface area contributed by atoms with Crippen molar-refractivity contribution in [1.29, 1.82) is 0 Å². The van der Waals surface area contributed by atoms with Crippen LogP contribution in [-0.2, 0) is 10.0 Å². The molecule has 1 saturated carbocycles. The number of amides is 1. The van der Waals surface area contributed by atoms with Crippen LogP contribution in [0, 0.1) is 0 Å². The molecule has 7 nitrogen and oxygen atoms in total.